The fourth-order valence-electron chi connectivity index (χ4n) is 2.50. The second-order valence-corrected chi connectivity index (χ2v) is 4.55. The Morgan fingerprint density at radius 3 is 2.42 bits per heavy atom. The van der Waals surface area contributed by atoms with E-state index in [0.29, 0.717) is 0 Å². The molecule has 0 spiro atoms. The summed E-state index contributed by atoms with van der Waals surface area (Å²) in [7, 11) is 0. The van der Waals surface area contributed by atoms with Crippen LogP contribution < -0.4 is 0 Å². The van der Waals surface area contributed by atoms with Gasteiger partial charge in [0, 0.05) is 5.56 Å². The van der Waals surface area contributed by atoms with Crippen LogP contribution in [0, 0.1) is 6.39 Å². The molecule has 0 amide bonds. The summed E-state index contributed by atoms with van der Waals surface area (Å²) in [4.78, 5) is 4.13. The molecule has 1 radical (unpaired) electrons. The highest BCUT2D eigenvalue weighted by molar-refractivity contribution is 6.04. The van der Waals surface area contributed by atoms with Crippen LogP contribution in [0.25, 0.3) is 32.8 Å². The number of aromatic nitrogens is 1. The molecule has 19 heavy (non-hydrogen) atoms. The van der Waals surface area contributed by atoms with Gasteiger partial charge in [-0.3, -0.25) is 0 Å². The molecular weight excluding hydrogens is 234 g/mol. The van der Waals surface area contributed by atoms with E-state index in [2.05, 4.69) is 59.9 Å². The van der Waals surface area contributed by atoms with E-state index in [9.17, 15) is 0 Å². The van der Waals surface area contributed by atoms with Crippen molar-refractivity contribution in [3.05, 3.63) is 67.3 Å². The maximum Gasteiger partial charge on any atom is 0.284 e. The number of nitrogens with zero attached hydrogens (tertiary/aromatic N) is 1. The van der Waals surface area contributed by atoms with Gasteiger partial charge in [-0.15, -0.1) is 0 Å². The van der Waals surface area contributed by atoms with Gasteiger partial charge in [0.2, 0.25) is 0 Å². The number of hydrogen-bond donors (Lipinski definition) is 0. The second-order valence-electron chi connectivity index (χ2n) is 4.55. The molecule has 0 fully saturated rings. The van der Waals surface area contributed by atoms with Crippen LogP contribution in [0.2, 0.25) is 0 Å². The summed E-state index contributed by atoms with van der Waals surface area (Å²) in [5, 5.41) is 4.87. The third kappa shape index (κ3) is 1.61. The van der Waals surface area contributed by atoms with Gasteiger partial charge < -0.3 is 4.42 Å². The van der Waals surface area contributed by atoms with Gasteiger partial charge in [-0.05, 0) is 33.7 Å². The summed E-state index contributed by atoms with van der Waals surface area (Å²) in [6, 6.07) is 19.0. The fraction of sp³-hybridized carbons (Fsp3) is 0. The van der Waals surface area contributed by atoms with Crippen molar-refractivity contribution in [3.63, 3.8) is 0 Å². The van der Waals surface area contributed by atoms with Crippen LogP contribution in [-0.2, 0) is 0 Å². The van der Waals surface area contributed by atoms with E-state index in [4.69, 9.17) is 4.42 Å². The number of oxazole rings is 1. The van der Waals surface area contributed by atoms with Crippen molar-refractivity contribution in [2.45, 2.75) is 0 Å². The molecule has 0 aliphatic heterocycles. The molecule has 2 heteroatoms. The van der Waals surface area contributed by atoms with Crippen LogP contribution in [0.3, 0.4) is 0 Å². The molecule has 0 saturated carbocycles. The first kappa shape index (κ1) is 10.3. The van der Waals surface area contributed by atoms with E-state index < -0.39 is 0 Å². The molecule has 0 saturated heterocycles. The second kappa shape index (κ2) is 3.95. The molecule has 1 aromatic heterocycles. The third-order valence-corrected chi connectivity index (χ3v) is 3.41. The zero-order valence-corrected chi connectivity index (χ0v) is 10.1. The van der Waals surface area contributed by atoms with Crippen LogP contribution in [0.15, 0.2) is 65.3 Å². The molecule has 2 nitrogen and oxygen atoms in total. The number of fused-ring (bicyclic) bond motifs is 2. The van der Waals surface area contributed by atoms with E-state index in [0.717, 1.165) is 11.3 Å². The SMILES string of the molecule is [c]1nc(-c2cccc3cc4ccccc4cc23)co1. The Morgan fingerprint density at radius 1 is 0.842 bits per heavy atom. The Bertz CT molecular complexity index is 863. The molecule has 1 heterocycles. The monoisotopic (exact) mass is 244 g/mol. The summed E-state index contributed by atoms with van der Waals surface area (Å²) in [6.45, 7) is 0. The Labute approximate surface area is 110 Å². The molecule has 0 unspecified atom stereocenters. The van der Waals surface area contributed by atoms with E-state index in [1.807, 2.05) is 6.07 Å². The minimum atomic E-state index is 0.820. The van der Waals surface area contributed by atoms with Gasteiger partial charge in [0.15, 0.2) is 0 Å². The molecule has 89 valence electrons. The maximum atomic E-state index is 4.97. The van der Waals surface area contributed by atoms with Gasteiger partial charge in [-0.25, -0.2) is 4.98 Å². The molecule has 4 aromatic rings. The molecule has 0 N–H and O–H groups in total. The van der Waals surface area contributed by atoms with Crippen molar-refractivity contribution in [2.75, 3.05) is 0 Å². The predicted octanol–water partition coefficient (Wildman–Crippen LogP) is 4.45. The van der Waals surface area contributed by atoms with Gasteiger partial charge in [0.25, 0.3) is 6.39 Å². The molecular formula is C17H10NO. The molecule has 4 rings (SSSR count). The Hall–Kier alpha value is -2.61. The lowest BCUT2D eigenvalue weighted by molar-refractivity contribution is 0.548. The van der Waals surface area contributed by atoms with Crippen LogP contribution in [0.5, 0.6) is 0 Å². The third-order valence-electron chi connectivity index (χ3n) is 3.41. The Balaban J connectivity index is 2.12. The van der Waals surface area contributed by atoms with E-state index in [-0.39, 0.29) is 0 Å². The van der Waals surface area contributed by atoms with Crippen LogP contribution in [0.4, 0.5) is 0 Å². The molecule has 0 aliphatic carbocycles. The normalized spacial score (nSPS) is 11.2. The lowest BCUT2D eigenvalue weighted by Gasteiger charge is -2.06. The highest BCUT2D eigenvalue weighted by Crippen LogP contribution is 2.30. The van der Waals surface area contributed by atoms with Crippen molar-refractivity contribution in [1.82, 2.24) is 4.98 Å². The zero-order valence-electron chi connectivity index (χ0n) is 10.1. The smallest absolute Gasteiger partial charge is 0.284 e. The summed E-state index contributed by atoms with van der Waals surface area (Å²) in [5.41, 5.74) is 1.90. The van der Waals surface area contributed by atoms with Crippen molar-refractivity contribution < 1.29 is 4.42 Å². The van der Waals surface area contributed by atoms with Crippen LogP contribution in [0.1, 0.15) is 0 Å². The first-order valence-corrected chi connectivity index (χ1v) is 6.15. The highest BCUT2D eigenvalue weighted by atomic mass is 16.3. The summed E-state index contributed by atoms with van der Waals surface area (Å²) >= 11 is 0. The fourth-order valence-corrected chi connectivity index (χ4v) is 2.50. The lowest BCUT2D eigenvalue weighted by Crippen LogP contribution is -1.82. The molecule has 0 atom stereocenters. The molecule has 3 aromatic carbocycles. The number of benzene rings is 3. The molecule has 0 aliphatic rings. The summed E-state index contributed by atoms with van der Waals surface area (Å²) in [5.74, 6) is 0. The maximum absolute atomic E-state index is 4.97. The summed E-state index contributed by atoms with van der Waals surface area (Å²) in [6.07, 6.45) is 4.13. The van der Waals surface area contributed by atoms with Gasteiger partial charge in [-0.2, -0.15) is 0 Å². The van der Waals surface area contributed by atoms with Gasteiger partial charge >= 0.3 is 0 Å². The quantitative estimate of drug-likeness (QED) is 0.462. The van der Waals surface area contributed by atoms with Gasteiger partial charge in [0.1, 0.15) is 12.0 Å². The zero-order chi connectivity index (χ0) is 12.7. The molecule has 0 bridgehead atoms. The predicted molar refractivity (Wildman–Crippen MR) is 75.8 cm³/mol. The van der Waals surface area contributed by atoms with Crippen molar-refractivity contribution in [3.8, 4) is 11.3 Å². The highest BCUT2D eigenvalue weighted by Gasteiger charge is 2.07. The Morgan fingerprint density at radius 2 is 1.63 bits per heavy atom. The first-order valence-electron chi connectivity index (χ1n) is 6.15. The van der Waals surface area contributed by atoms with Gasteiger partial charge in [-0.1, -0.05) is 42.5 Å². The number of hydrogen-bond acceptors (Lipinski definition) is 2. The number of rotatable bonds is 1. The van der Waals surface area contributed by atoms with Crippen molar-refractivity contribution in [1.29, 1.82) is 0 Å². The van der Waals surface area contributed by atoms with Gasteiger partial charge in [0.05, 0.1) is 0 Å². The minimum absolute atomic E-state index is 0.820. The van der Waals surface area contributed by atoms with Crippen molar-refractivity contribution >= 4 is 21.5 Å². The van der Waals surface area contributed by atoms with Crippen LogP contribution >= 0.6 is 0 Å². The van der Waals surface area contributed by atoms with Crippen LogP contribution in [-0.4, -0.2) is 4.98 Å². The largest absolute Gasteiger partial charge is 0.440 e. The summed E-state index contributed by atoms with van der Waals surface area (Å²) < 4.78 is 4.97. The standard InChI is InChI=1S/C17H10NO/c1-2-5-13-9-16-14(8-12(13)4-1)6-3-7-15(16)17-10-19-11-18-17/h1-10H. The first-order chi connectivity index (χ1) is 9.42. The van der Waals surface area contributed by atoms with E-state index >= 15 is 0 Å². The van der Waals surface area contributed by atoms with E-state index in [1.54, 1.807) is 6.26 Å². The topological polar surface area (TPSA) is 26.0 Å². The lowest BCUT2D eigenvalue weighted by atomic mass is 9.98. The minimum Gasteiger partial charge on any atom is -0.440 e. The van der Waals surface area contributed by atoms with Crippen molar-refractivity contribution in [2.24, 2.45) is 0 Å². The average Bonchev–Trinajstić information content (AvgIpc) is 2.98. The van der Waals surface area contributed by atoms with E-state index in [1.165, 1.54) is 21.5 Å². The average molecular weight is 244 g/mol. The Kier molecular flexibility index (Phi) is 2.15.